The van der Waals surface area contributed by atoms with Crippen molar-refractivity contribution >= 4 is 22.6 Å². The maximum atomic E-state index is 13.0. The zero-order valence-electron chi connectivity index (χ0n) is 18.1. The van der Waals surface area contributed by atoms with E-state index in [-0.39, 0.29) is 11.4 Å². The van der Waals surface area contributed by atoms with Gasteiger partial charge in [-0.25, -0.2) is 4.98 Å². The van der Waals surface area contributed by atoms with E-state index in [9.17, 15) is 4.79 Å². The fourth-order valence-electron chi connectivity index (χ4n) is 4.60. The van der Waals surface area contributed by atoms with Crippen LogP contribution in [-0.4, -0.2) is 33.7 Å². The third-order valence-electron chi connectivity index (χ3n) is 6.37. The Bertz CT molecular complexity index is 1180. The van der Waals surface area contributed by atoms with Gasteiger partial charge in [-0.15, -0.1) is 0 Å². The number of rotatable bonds is 7. The highest BCUT2D eigenvalue weighted by atomic mass is 16.5. The topological polar surface area (TPSA) is 71.9 Å². The molecule has 2 aromatic carbocycles. The van der Waals surface area contributed by atoms with E-state index >= 15 is 0 Å². The van der Waals surface area contributed by atoms with Crippen LogP contribution in [0.15, 0.2) is 73.1 Å². The first-order valence-electron chi connectivity index (χ1n) is 11.2. The normalized spacial score (nSPS) is 15.6. The molecule has 32 heavy (non-hydrogen) atoms. The Morgan fingerprint density at radius 1 is 1.03 bits per heavy atom. The first-order chi connectivity index (χ1) is 15.7. The van der Waals surface area contributed by atoms with Crippen molar-refractivity contribution in [3.8, 4) is 0 Å². The van der Waals surface area contributed by atoms with Crippen LogP contribution < -0.4 is 5.32 Å². The minimum Gasteiger partial charge on any atom is -0.381 e. The number of H-pyrrole nitrogens is 1. The van der Waals surface area contributed by atoms with Crippen LogP contribution in [0.1, 0.15) is 30.7 Å². The third kappa shape index (κ3) is 4.46. The summed E-state index contributed by atoms with van der Waals surface area (Å²) in [7, 11) is 0. The summed E-state index contributed by atoms with van der Waals surface area (Å²) in [5.41, 5.74) is 3.71. The fourth-order valence-corrected chi connectivity index (χ4v) is 4.60. The minimum atomic E-state index is -0.228. The molecule has 1 aliphatic heterocycles. The van der Waals surface area contributed by atoms with Crippen LogP contribution in [0.2, 0.25) is 0 Å². The molecule has 0 spiro atoms. The summed E-state index contributed by atoms with van der Waals surface area (Å²) < 4.78 is 7.74. The SMILES string of the molecule is O=C(CC1(n2cccc2)CCOCC1)Nc1ccc2nc(CCc3ccccc3)[nH]c2c1. The lowest BCUT2D eigenvalue weighted by molar-refractivity contribution is -0.119. The molecule has 2 aromatic heterocycles. The average Bonchev–Trinajstić information content (AvgIpc) is 3.49. The molecule has 1 saturated heterocycles. The molecule has 6 nitrogen and oxygen atoms in total. The number of nitrogens with zero attached hydrogens (tertiary/aromatic N) is 2. The average molecular weight is 429 g/mol. The second-order valence-electron chi connectivity index (χ2n) is 8.55. The van der Waals surface area contributed by atoms with E-state index in [0.717, 1.165) is 48.2 Å². The predicted octanol–water partition coefficient (Wildman–Crippen LogP) is 4.68. The van der Waals surface area contributed by atoms with E-state index in [1.807, 2.05) is 48.8 Å². The molecule has 3 heterocycles. The molecule has 1 amide bonds. The van der Waals surface area contributed by atoms with Gasteiger partial charge in [0.05, 0.1) is 23.0 Å². The van der Waals surface area contributed by atoms with Crippen molar-refractivity contribution in [3.05, 3.63) is 84.4 Å². The maximum absolute atomic E-state index is 13.0. The molecule has 0 bridgehead atoms. The van der Waals surface area contributed by atoms with Crippen LogP contribution in [0.4, 0.5) is 5.69 Å². The second kappa shape index (κ2) is 9.01. The van der Waals surface area contributed by atoms with E-state index < -0.39 is 0 Å². The van der Waals surface area contributed by atoms with Gasteiger partial charge in [-0.3, -0.25) is 4.79 Å². The van der Waals surface area contributed by atoms with E-state index in [0.29, 0.717) is 19.6 Å². The fraction of sp³-hybridized carbons (Fsp3) is 0.308. The number of nitrogens with one attached hydrogen (secondary N) is 2. The third-order valence-corrected chi connectivity index (χ3v) is 6.37. The van der Waals surface area contributed by atoms with Gasteiger partial charge in [-0.1, -0.05) is 30.3 Å². The summed E-state index contributed by atoms with van der Waals surface area (Å²) in [6.07, 6.45) is 7.98. The molecule has 0 atom stereocenters. The Hall–Kier alpha value is -3.38. The number of amides is 1. The molecule has 0 saturated carbocycles. The maximum Gasteiger partial charge on any atom is 0.226 e. The summed E-state index contributed by atoms with van der Waals surface area (Å²) in [4.78, 5) is 21.1. The van der Waals surface area contributed by atoms with Gasteiger partial charge < -0.3 is 19.6 Å². The van der Waals surface area contributed by atoms with E-state index in [1.165, 1.54) is 5.56 Å². The Kier molecular flexibility index (Phi) is 5.77. The van der Waals surface area contributed by atoms with Gasteiger partial charge in [-0.05, 0) is 55.2 Å². The minimum absolute atomic E-state index is 0.0174. The summed E-state index contributed by atoms with van der Waals surface area (Å²) in [5, 5.41) is 3.09. The van der Waals surface area contributed by atoms with E-state index in [2.05, 4.69) is 39.1 Å². The Morgan fingerprint density at radius 3 is 2.59 bits per heavy atom. The van der Waals surface area contributed by atoms with Crippen molar-refractivity contribution in [1.29, 1.82) is 0 Å². The van der Waals surface area contributed by atoms with Crippen LogP contribution in [-0.2, 0) is 27.9 Å². The molecule has 5 rings (SSSR count). The monoisotopic (exact) mass is 428 g/mol. The Morgan fingerprint density at radius 2 is 1.81 bits per heavy atom. The molecule has 2 N–H and O–H groups in total. The number of carbonyl (C=O) groups is 1. The largest absolute Gasteiger partial charge is 0.381 e. The number of imidazole rings is 1. The molecule has 0 aliphatic carbocycles. The number of hydrogen-bond acceptors (Lipinski definition) is 3. The summed E-state index contributed by atoms with van der Waals surface area (Å²) in [6.45, 7) is 1.36. The van der Waals surface area contributed by atoms with Crippen LogP contribution in [0.25, 0.3) is 11.0 Å². The molecule has 0 unspecified atom stereocenters. The molecule has 164 valence electrons. The van der Waals surface area contributed by atoms with Crippen molar-refractivity contribution in [3.63, 3.8) is 0 Å². The highest BCUT2D eigenvalue weighted by Crippen LogP contribution is 2.33. The van der Waals surface area contributed by atoms with Crippen LogP contribution in [0, 0.1) is 0 Å². The molecule has 0 radical (unpaired) electrons. The first-order valence-corrected chi connectivity index (χ1v) is 11.2. The zero-order chi connectivity index (χ0) is 21.8. The van der Waals surface area contributed by atoms with Crippen LogP contribution in [0.3, 0.4) is 0 Å². The highest BCUT2D eigenvalue weighted by Gasteiger charge is 2.36. The smallest absolute Gasteiger partial charge is 0.226 e. The number of fused-ring (bicyclic) bond motifs is 1. The lowest BCUT2D eigenvalue weighted by Gasteiger charge is -2.38. The first kappa shape index (κ1) is 20.5. The number of carbonyl (C=O) groups excluding carboxylic acids is 1. The van der Waals surface area contributed by atoms with Crippen molar-refractivity contribution in [2.45, 2.75) is 37.6 Å². The number of hydrogen-bond donors (Lipinski definition) is 2. The number of aromatic nitrogens is 3. The predicted molar refractivity (Wildman–Crippen MR) is 126 cm³/mol. The van der Waals surface area contributed by atoms with Crippen molar-refractivity contribution < 1.29 is 9.53 Å². The molecular formula is C26H28N4O2. The van der Waals surface area contributed by atoms with Crippen LogP contribution >= 0.6 is 0 Å². The van der Waals surface area contributed by atoms with Gasteiger partial charge in [0.1, 0.15) is 5.82 Å². The van der Waals surface area contributed by atoms with Crippen molar-refractivity contribution in [1.82, 2.24) is 14.5 Å². The summed E-state index contributed by atoms with van der Waals surface area (Å²) >= 11 is 0. The van der Waals surface area contributed by atoms with E-state index in [4.69, 9.17) is 9.72 Å². The lowest BCUT2D eigenvalue weighted by Crippen LogP contribution is -2.42. The lowest BCUT2D eigenvalue weighted by atomic mass is 9.86. The van der Waals surface area contributed by atoms with Gasteiger partial charge in [0.25, 0.3) is 0 Å². The Labute approximate surface area is 187 Å². The summed E-state index contributed by atoms with van der Waals surface area (Å²) in [5.74, 6) is 0.977. The zero-order valence-corrected chi connectivity index (χ0v) is 18.1. The molecular weight excluding hydrogens is 400 g/mol. The van der Waals surface area contributed by atoms with Crippen molar-refractivity contribution in [2.24, 2.45) is 0 Å². The number of anilines is 1. The number of aromatic amines is 1. The van der Waals surface area contributed by atoms with Crippen LogP contribution in [0.5, 0.6) is 0 Å². The van der Waals surface area contributed by atoms with Crippen molar-refractivity contribution in [2.75, 3.05) is 18.5 Å². The standard InChI is InChI=1S/C26H28N4O2/c31-25(19-26(12-16-32-17-13-26)30-14-4-5-15-30)27-21-9-10-22-23(18-21)29-24(28-22)11-8-20-6-2-1-3-7-20/h1-7,9-10,14-15,18H,8,11-13,16-17,19H2,(H,27,31)(H,28,29). The Balaban J connectivity index is 1.27. The summed E-state index contributed by atoms with van der Waals surface area (Å²) in [6, 6.07) is 20.3. The number of ether oxygens (including phenoxy) is 1. The van der Waals surface area contributed by atoms with Gasteiger partial charge in [0.2, 0.25) is 5.91 Å². The van der Waals surface area contributed by atoms with Gasteiger partial charge in [0.15, 0.2) is 0 Å². The molecule has 4 aromatic rings. The molecule has 1 aliphatic rings. The van der Waals surface area contributed by atoms with E-state index in [1.54, 1.807) is 0 Å². The number of aryl methyl sites for hydroxylation is 2. The van der Waals surface area contributed by atoms with Gasteiger partial charge in [-0.2, -0.15) is 0 Å². The highest BCUT2D eigenvalue weighted by molar-refractivity contribution is 5.93. The second-order valence-corrected chi connectivity index (χ2v) is 8.55. The van der Waals surface area contributed by atoms with Gasteiger partial charge in [0, 0.05) is 37.7 Å². The number of benzene rings is 2. The molecule has 1 fully saturated rings. The quantitative estimate of drug-likeness (QED) is 0.449. The van der Waals surface area contributed by atoms with Gasteiger partial charge >= 0.3 is 0 Å². The molecule has 6 heteroatoms.